The van der Waals surface area contributed by atoms with Gasteiger partial charge in [-0.2, -0.15) is 0 Å². The summed E-state index contributed by atoms with van der Waals surface area (Å²) in [6.07, 6.45) is 5.45. The topological polar surface area (TPSA) is 66.8 Å². The highest BCUT2D eigenvalue weighted by atomic mass is 16.5. The fourth-order valence-electron chi connectivity index (χ4n) is 4.14. The van der Waals surface area contributed by atoms with Crippen molar-refractivity contribution in [2.75, 3.05) is 0 Å². The fourth-order valence-corrected chi connectivity index (χ4v) is 4.14. The average molecular weight is 383 g/mol. The van der Waals surface area contributed by atoms with Crippen LogP contribution >= 0.6 is 0 Å². The molecule has 0 aromatic heterocycles. The summed E-state index contributed by atoms with van der Waals surface area (Å²) in [7, 11) is 0. The molecule has 150 valence electrons. The lowest BCUT2D eigenvalue weighted by Crippen LogP contribution is -2.35. The summed E-state index contributed by atoms with van der Waals surface area (Å²) in [5, 5.41) is 20.4. The fraction of sp³-hybridized carbons (Fsp3) is 0.458. The Morgan fingerprint density at radius 3 is 2.39 bits per heavy atom. The molecule has 1 aliphatic rings. The molecule has 28 heavy (non-hydrogen) atoms. The molecule has 0 aliphatic heterocycles. The van der Waals surface area contributed by atoms with Crippen molar-refractivity contribution in [3.05, 3.63) is 65.7 Å². The molecular weight excluding hydrogens is 352 g/mol. The molecule has 2 aromatic carbocycles. The van der Waals surface area contributed by atoms with E-state index in [0.29, 0.717) is 19.4 Å². The van der Waals surface area contributed by atoms with Gasteiger partial charge < -0.3 is 14.9 Å². The number of benzene rings is 2. The Bertz CT molecular complexity index is 737. The standard InChI is InChI=1S/C24H30O4/c25-23(20-12-5-2-6-13-20)21(24(26)27)16-15-19-11-7-8-14-22(19)28-17-18-9-3-1-4-10-18/h1,3-4,7-11,14,20-21,23,25H,2,5-6,12-13,15-17H2,(H,26,27)/t21-,23?/m1/s1. The van der Waals surface area contributed by atoms with Crippen molar-refractivity contribution >= 4 is 5.97 Å². The predicted molar refractivity (Wildman–Crippen MR) is 109 cm³/mol. The van der Waals surface area contributed by atoms with Crippen LogP contribution in [0.15, 0.2) is 54.6 Å². The first-order valence-corrected chi connectivity index (χ1v) is 10.3. The van der Waals surface area contributed by atoms with E-state index < -0.39 is 18.0 Å². The summed E-state index contributed by atoms with van der Waals surface area (Å²) in [6, 6.07) is 17.7. The highest BCUT2D eigenvalue weighted by Crippen LogP contribution is 2.32. The number of para-hydroxylation sites is 1. The van der Waals surface area contributed by atoms with E-state index in [0.717, 1.165) is 42.6 Å². The summed E-state index contributed by atoms with van der Waals surface area (Å²) >= 11 is 0. The van der Waals surface area contributed by atoms with Gasteiger partial charge in [0, 0.05) is 0 Å². The second kappa shape index (κ2) is 10.3. The van der Waals surface area contributed by atoms with Crippen LogP contribution in [0.25, 0.3) is 0 Å². The van der Waals surface area contributed by atoms with Crippen LogP contribution in [0.2, 0.25) is 0 Å². The molecule has 1 fully saturated rings. The van der Waals surface area contributed by atoms with E-state index in [1.807, 2.05) is 54.6 Å². The molecule has 0 radical (unpaired) electrons. The van der Waals surface area contributed by atoms with Gasteiger partial charge in [-0.15, -0.1) is 0 Å². The van der Waals surface area contributed by atoms with Gasteiger partial charge in [0.1, 0.15) is 12.4 Å². The molecule has 0 amide bonds. The number of hydrogen-bond donors (Lipinski definition) is 2. The zero-order valence-corrected chi connectivity index (χ0v) is 16.3. The van der Waals surface area contributed by atoms with Gasteiger partial charge in [0.2, 0.25) is 0 Å². The molecule has 3 rings (SSSR count). The summed E-state index contributed by atoms with van der Waals surface area (Å²) in [4.78, 5) is 11.8. The Morgan fingerprint density at radius 1 is 1.00 bits per heavy atom. The largest absolute Gasteiger partial charge is 0.489 e. The molecule has 0 heterocycles. The van der Waals surface area contributed by atoms with Crippen molar-refractivity contribution in [2.24, 2.45) is 11.8 Å². The first kappa shape index (κ1) is 20.4. The molecule has 0 spiro atoms. The van der Waals surface area contributed by atoms with Crippen LogP contribution in [-0.2, 0) is 17.8 Å². The van der Waals surface area contributed by atoms with E-state index in [4.69, 9.17) is 4.74 Å². The van der Waals surface area contributed by atoms with Gasteiger partial charge in [0.15, 0.2) is 0 Å². The third-order valence-corrected chi connectivity index (χ3v) is 5.80. The SMILES string of the molecule is O=C(O)[C@H](CCc1ccccc1OCc1ccccc1)C(O)C1CCCCC1. The Kier molecular flexibility index (Phi) is 7.49. The Morgan fingerprint density at radius 2 is 1.68 bits per heavy atom. The predicted octanol–water partition coefficient (Wildman–Crippen LogP) is 4.84. The number of ether oxygens (including phenoxy) is 1. The van der Waals surface area contributed by atoms with E-state index in [-0.39, 0.29) is 5.92 Å². The minimum absolute atomic E-state index is 0.111. The van der Waals surface area contributed by atoms with Gasteiger partial charge in [-0.1, -0.05) is 67.8 Å². The van der Waals surface area contributed by atoms with E-state index in [1.165, 1.54) is 6.42 Å². The number of aryl methyl sites for hydroxylation is 1. The second-order valence-electron chi connectivity index (χ2n) is 7.75. The number of aliphatic hydroxyl groups is 1. The van der Waals surface area contributed by atoms with Crippen molar-refractivity contribution in [3.8, 4) is 5.75 Å². The average Bonchev–Trinajstić information content (AvgIpc) is 2.74. The number of rotatable bonds is 9. The van der Waals surface area contributed by atoms with Crippen molar-refractivity contribution in [2.45, 2.75) is 57.7 Å². The van der Waals surface area contributed by atoms with Crippen molar-refractivity contribution < 1.29 is 19.7 Å². The van der Waals surface area contributed by atoms with Crippen LogP contribution in [-0.4, -0.2) is 22.3 Å². The quantitative estimate of drug-likeness (QED) is 0.651. The minimum atomic E-state index is -0.902. The van der Waals surface area contributed by atoms with Crippen LogP contribution in [0.4, 0.5) is 0 Å². The van der Waals surface area contributed by atoms with Crippen LogP contribution < -0.4 is 4.74 Å². The molecule has 2 N–H and O–H groups in total. The van der Waals surface area contributed by atoms with Crippen LogP contribution in [0.5, 0.6) is 5.75 Å². The molecule has 1 unspecified atom stereocenters. The third-order valence-electron chi connectivity index (χ3n) is 5.80. The molecule has 0 saturated heterocycles. The van der Waals surface area contributed by atoms with Crippen LogP contribution in [0.3, 0.4) is 0 Å². The maximum absolute atomic E-state index is 11.8. The lowest BCUT2D eigenvalue weighted by Gasteiger charge is -2.30. The zero-order chi connectivity index (χ0) is 19.8. The summed E-state index contributed by atoms with van der Waals surface area (Å²) in [5.74, 6) is -0.742. The highest BCUT2D eigenvalue weighted by Gasteiger charge is 2.33. The number of carboxylic acid groups (broad SMARTS) is 1. The van der Waals surface area contributed by atoms with Gasteiger partial charge in [0.25, 0.3) is 0 Å². The first-order chi connectivity index (χ1) is 13.6. The van der Waals surface area contributed by atoms with E-state index in [1.54, 1.807) is 0 Å². The Labute approximate surface area is 167 Å². The summed E-state index contributed by atoms with van der Waals surface area (Å²) < 4.78 is 5.98. The van der Waals surface area contributed by atoms with Crippen LogP contribution in [0.1, 0.15) is 49.7 Å². The van der Waals surface area contributed by atoms with E-state index in [9.17, 15) is 15.0 Å². The number of aliphatic carboxylic acids is 1. The van der Waals surface area contributed by atoms with Crippen molar-refractivity contribution in [1.29, 1.82) is 0 Å². The monoisotopic (exact) mass is 382 g/mol. The molecule has 1 saturated carbocycles. The molecule has 4 heteroatoms. The lowest BCUT2D eigenvalue weighted by molar-refractivity contribution is -0.148. The molecular formula is C24H30O4. The van der Waals surface area contributed by atoms with Crippen molar-refractivity contribution in [3.63, 3.8) is 0 Å². The smallest absolute Gasteiger partial charge is 0.309 e. The maximum atomic E-state index is 11.8. The highest BCUT2D eigenvalue weighted by molar-refractivity contribution is 5.70. The van der Waals surface area contributed by atoms with Gasteiger partial charge in [0.05, 0.1) is 12.0 Å². The summed E-state index contributed by atoms with van der Waals surface area (Å²) in [6.45, 7) is 0.477. The van der Waals surface area contributed by atoms with E-state index in [2.05, 4.69) is 0 Å². The van der Waals surface area contributed by atoms with Crippen LogP contribution in [0, 0.1) is 11.8 Å². The van der Waals surface area contributed by atoms with Crippen molar-refractivity contribution in [1.82, 2.24) is 0 Å². The Balaban J connectivity index is 1.62. The first-order valence-electron chi connectivity index (χ1n) is 10.3. The zero-order valence-electron chi connectivity index (χ0n) is 16.3. The van der Waals surface area contributed by atoms with Gasteiger partial charge in [-0.3, -0.25) is 4.79 Å². The molecule has 4 nitrogen and oxygen atoms in total. The number of hydrogen-bond acceptors (Lipinski definition) is 3. The molecule has 2 aromatic rings. The van der Waals surface area contributed by atoms with E-state index >= 15 is 0 Å². The lowest BCUT2D eigenvalue weighted by atomic mass is 9.79. The number of carbonyl (C=O) groups is 1. The second-order valence-corrected chi connectivity index (χ2v) is 7.75. The number of carboxylic acids is 1. The molecule has 2 atom stereocenters. The van der Waals surface area contributed by atoms with Gasteiger partial charge >= 0.3 is 5.97 Å². The molecule has 1 aliphatic carbocycles. The maximum Gasteiger partial charge on any atom is 0.309 e. The molecule has 0 bridgehead atoms. The Hall–Kier alpha value is -2.33. The number of aliphatic hydroxyl groups excluding tert-OH is 1. The van der Waals surface area contributed by atoms with Gasteiger partial charge in [-0.05, 0) is 48.8 Å². The minimum Gasteiger partial charge on any atom is -0.489 e. The summed E-state index contributed by atoms with van der Waals surface area (Å²) in [5.41, 5.74) is 2.08. The third kappa shape index (κ3) is 5.59. The normalized spacial score (nSPS) is 17.0. The van der Waals surface area contributed by atoms with Gasteiger partial charge in [-0.25, -0.2) is 0 Å².